The van der Waals surface area contributed by atoms with Crippen LogP contribution in [0.15, 0.2) is 39.8 Å². The van der Waals surface area contributed by atoms with Gasteiger partial charge >= 0.3 is 0 Å². The standard InChI is InChI=1S/C12H14O2S/c1-8-4-6-11(7-5-8)15-12(9(2)13)10(3)14/h4-7,13H,1-3H3/b12-9+. The maximum atomic E-state index is 11.2. The fourth-order valence-corrected chi connectivity index (χ4v) is 1.92. The lowest BCUT2D eigenvalue weighted by Crippen LogP contribution is -1.95. The molecule has 0 saturated heterocycles. The molecule has 0 aliphatic rings. The first-order chi connectivity index (χ1) is 7.00. The highest BCUT2D eigenvalue weighted by Gasteiger charge is 2.09. The summed E-state index contributed by atoms with van der Waals surface area (Å²) in [5.74, 6) is -0.0337. The lowest BCUT2D eigenvalue weighted by Gasteiger charge is -2.04. The van der Waals surface area contributed by atoms with Gasteiger partial charge in [-0.05, 0) is 32.9 Å². The summed E-state index contributed by atoms with van der Waals surface area (Å²) in [6.45, 7) is 4.99. The van der Waals surface area contributed by atoms with Gasteiger partial charge in [0.1, 0.15) is 5.76 Å². The third kappa shape index (κ3) is 3.44. The summed E-state index contributed by atoms with van der Waals surface area (Å²) in [4.78, 5) is 12.6. The van der Waals surface area contributed by atoms with E-state index in [0.29, 0.717) is 4.91 Å². The summed E-state index contributed by atoms with van der Waals surface area (Å²) in [5, 5.41) is 9.34. The highest BCUT2D eigenvalue weighted by atomic mass is 32.2. The van der Waals surface area contributed by atoms with Gasteiger partial charge < -0.3 is 5.11 Å². The molecule has 0 heterocycles. The fourth-order valence-electron chi connectivity index (χ4n) is 1.12. The predicted molar refractivity (Wildman–Crippen MR) is 63.0 cm³/mol. The Morgan fingerprint density at radius 2 is 1.73 bits per heavy atom. The number of aryl methyl sites for hydroxylation is 1. The van der Waals surface area contributed by atoms with Crippen molar-refractivity contribution in [3.8, 4) is 0 Å². The van der Waals surface area contributed by atoms with Crippen LogP contribution in [0.25, 0.3) is 0 Å². The highest BCUT2D eigenvalue weighted by Crippen LogP contribution is 2.28. The number of Topliss-reactive ketones (excluding diaryl/α,β-unsaturated/α-hetero) is 1. The molecule has 2 nitrogen and oxygen atoms in total. The molecule has 0 amide bonds. The molecule has 0 fully saturated rings. The van der Waals surface area contributed by atoms with Gasteiger partial charge in [-0.1, -0.05) is 29.5 Å². The van der Waals surface area contributed by atoms with Crippen molar-refractivity contribution in [1.82, 2.24) is 0 Å². The predicted octanol–water partition coefficient (Wildman–Crippen LogP) is 3.47. The van der Waals surface area contributed by atoms with E-state index in [4.69, 9.17) is 0 Å². The van der Waals surface area contributed by atoms with Crippen LogP contribution >= 0.6 is 11.8 Å². The van der Waals surface area contributed by atoms with Gasteiger partial charge in [0, 0.05) is 4.90 Å². The van der Waals surface area contributed by atoms with E-state index >= 15 is 0 Å². The number of aliphatic hydroxyl groups excluding tert-OH is 1. The van der Waals surface area contributed by atoms with Gasteiger partial charge in [-0.3, -0.25) is 4.79 Å². The van der Waals surface area contributed by atoms with Crippen molar-refractivity contribution < 1.29 is 9.90 Å². The molecule has 1 rings (SSSR count). The number of hydrogen-bond donors (Lipinski definition) is 1. The first kappa shape index (κ1) is 11.9. The maximum absolute atomic E-state index is 11.2. The molecule has 1 N–H and O–H groups in total. The first-order valence-corrected chi connectivity index (χ1v) is 5.47. The third-order valence-corrected chi connectivity index (χ3v) is 3.18. The minimum absolute atomic E-state index is 0.0769. The highest BCUT2D eigenvalue weighted by molar-refractivity contribution is 8.04. The fraction of sp³-hybridized carbons (Fsp3) is 0.250. The molecular weight excluding hydrogens is 208 g/mol. The molecule has 0 spiro atoms. The van der Waals surface area contributed by atoms with Crippen LogP contribution in [0.4, 0.5) is 0 Å². The Hall–Kier alpha value is -1.22. The van der Waals surface area contributed by atoms with E-state index in [2.05, 4.69) is 0 Å². The molecule has 1 aromatic carbocycles. The molecule has 0 bridgehead atoms. The Labute approximate surface area is 94.0 Å². The van der Waals surface area contributed by atoms with Gasteiger partial charge in [0.05, 0.1) is 4.91 Å². The number of hydrogen-bond acceptors (Lipinski definition) is 3. The molecule has 0 radical (unpaired) electrons. The van der Waals surface area contributed by atoms with E-state index < -0.39 is 0 Å². The third-order valence-electron chi connectivity index (χ3n) is 1.89. The first-order valence-electron chi connectivity index (χ1n) is 4.66. The van der Waals surface area contributed by atoms with Crippen molar-refractivity contribution >= 4 is 17.5 Å². The molecular formula is C12H14O2S. The summed E-state index contributed by atoms with van der Waals surface area (Å²) in [6, 6.07) is 7.83. The number of ketones is 1. The van der Waals surface area contributed by atoms with Gasteiger partial charge in [-0.2, -0.15) is 0 Å². The van der Waals surface area contributed by atoms with Gasteiger partial charge in [-0.15, -0.1) is 0 Å². The second kappa shape index (κ2) is 5.03. The van der Waals surface area contributed by atoms with Gasteiger partial charge in [0.15, 0.2) is 5.78 Å². The van der Waals surface area contributed by atoms with Gasteiger partial charge in [0.25, 0.3) is 0 Å². The van der Waals surface area contributed by atoms with Crippen molar-refractivity contribution in [3.63, 3.8) is 0 Å². The molecule has 15 heavy (non-hydrogen) atoms. The van der Waals surface area contributed by atoms with Crippen LogP contribution in [-0.4, -0.2) is 10.9 Å². The number of rotatable bonds is 3. The zero-order valence-electron chi connectivity index (χ0n) is 9.07. The second-order valence-corrected chi connectivity index (χ2v) is 4.47. The number of thioether (sulfide) groups is 1. The minimum Gasteiger partial charge on any atom is -0.511 e. The summed E-state index contributed by atoms with van der Waals surface area (Å²) in [7, 11) is 0. The van der Waals surface area contributed by atoms with E-state index in [1.54, 1.807) is 0 Å². The summed E-state index contributed by atoms with van der Waals surface area (Å²) in [5.41, 5.74) is 1.17. The molecule has 80 valence electrons. The van der Waals surface area contributed by atoms with E-state index in [1.165, 1.54) is 31.2 Å². The average molecular weight is 222 g/mol. The van der Waals surface area contributed by atoms with Crippen molar-refractivity contribution in [1.29, 1.82) is 0 Å². The second-order valence-electron chi connectivity index (χ2n) is 3.39. The summed E-state index contributed by atoms with van der Waals surface area (Å²) < 4.78 is 0. The van der Waals surface area contributed by atoms with E-state index in [9.17, 15) is 9.90 Å². The van der Waals surface area contributed by atoms with E-state index in [0.717, 1.165) is 4.90 Å². The van der Waals surface area contributed by atoms with Crippen LogP contribution < -0.4 is 0 Å². The Morgan fingerprint density at radius 1 is 1.20 bits per heavy atom. The largest absolute Gasteiger partial charge is 0.511 e. The van der Waals surface area contributed by atoms with Crippen LogP contribution in [0.3, 0.4) is 0 Å². The number of allylic oxidation sites excluding steroid dienone is 2. The van der Waals surface area contributed by atoms with Gasteiger partial charge in [0.2, 0.25) is 0 Å². The molecule has 0 aromatic heterocycles. The lowest BCUT2D eigenvalue weighted by molar-refractivity contribution is -0.113. The van der Waals surface area contributed by atoms with Crippen LogP contribution in [0, 0.1) is 6.92 Å². The van der Waals surface area contributed by atoms with Crippen molar-refractivity contribution in [2.45, 2.75) is 25.7 Å². The monoisotopic (exact) mass is 222 g/mol. The van der Waals surface area contributed by atoms with Crippen molar-refractivity contribution in [2.75, 3.05) is 0 Å². The number of benzene rings is 1. The lowest BCUT2D eigenvalue weighted by atomic mass is 10.2. The van der Waals surface area contributed by atoms with Crippen LogP contribution in [-0.2, 0) is 4.79 Å². The van der Waals surface area contributed by atoms with E-state index in [1.807, 2.05) is 31.2 Å². The maximum Gasteiger partial charge on any atom is 0.169 e. The Kier molecular flexibility index (Phi) is 3.97. The topological polar surface area (TPSA) is 37.3 Å². The van der Waals surface area contributed by atoms with Gasteiger partial charge in [-0.25, -0.2) is 0 Å². The zero-order valence-corrected chi connectivity index (χ0v) is 9.89. The van der Waals surface area contributed by atoms with Crippen LogP contribution in [0.2, 0.25) is 0 Å². The molecule has 0 atom stereocenters. The quantitative estimate of drug-likeness (QED) is 0.483. The molecule has 0 saturated carbocycles. The van der Waals surface area contributed by atoms with E-state index in [-0.39, 0.29) is 11.5 Å². The van der Waals surface area contributed by atoms with Crippen LogP contribution in [0.1, 0.15) is 19.4 Å². The number of aliphatic hydroxyl groups is 1. The molecule has 0 aliphatic carbocycles. The Bertz CT molecular complexity index is 387. The minimum atomic E-state index is -0.111. The SMILES string of the molecule is CC(=O)/C(Sc1ccc(C)cc1)=C(/C)O. The van der Waals surface area contributed by atoms with Crippen LogP contribution in [0.5, 0.6) is 0 Å². The van der Waals surface area contributed by atoms with Crippen molar-refractivity contribution in [2.24, 2.45) is 0 Å². The molecule has 0 unspecified atom stereocenters. The summed E-state index contributed by atoms with van der Waals surface area (Å²) >= 11 is 1.29. The smallest absolute Gasteiger partial charge is 0.169 e. The van der Waals surface area contributed by atoms with Crippen molar-refractivity contribution in [3.05, 3.63) is 40.5 Å². The Balaban J connectivity index is 2.90. The molecule has 1 aromatic rings. The Morgan fingerprint density at radius 3 is 2.13 bits per heavy atom. The zero-order chi connectivity index (χ0) is 11.4. The number of carbonyl (C=O) groups is 1. The summed E-state index contributed by atoms with van der Waals surface area (Å²) in [6.07, 6.45) is 0. The average Bonchev–Trinajstić information content (AvgIpc) is 2.15. The normalized spacial score (nSPS) is 12.2. The molecule has 3 heteroatoms. The number of carbonyl (C=O) groups excluding carboxylic acids is 1. The molecule has 0 aliphatic heterocycles.